The highest BCUT2D eigenvalue weighted by molar-refractivity contribution is 7.12. The molecule has 0 aliphatic rings. The first-order chi connectivity index (χ1) is 8.16. The van der Waals surface area contributed by atoms with Gasteiger partial charge in [-0.1, -0.05) is 23.7 Å². The normalized spacial score (nSPS) is 10.4. The van der Waals surface area contributed by atoms with Crippen LogP contribution in [0.5, 0.6) is 5.75 Å². The van der Waals surface area contributed by atoms with Gasteiger partial charge in [0.05, 0.1) is 9.90 Å². The van der Waals surface area contributed by atoms with Crippen molar-refractivity contribution in [1.82, 2.24) is 0 Å². The molecular formula is C13H11ClO2S. The zero-order chi connectivity index (χ0) is 12.3. The highest BCUT2D eigenvalue weighted by Crippen LogP contribution is 2.24. The molecule has 0 unspecified atom stereocenters. The summed E-state index contributed by atoms with van der Waals surface area (Å²) in [6.07, 6.45) is 1.10. The molecule has 2 nitrogen and oxygen atoms in total. The Labute approximate surface area is 108 Å². The summed E-state index contributed by atoms with van der Waals surface area (Å²) in [6, 6.07) is 8.72. The quantitative estimate of drug-likeness (QED) is 0.852. The third-order valence-corrected chi connectivity index (χ3v) is 3.66. The summed E-state index contributed by atoms with van der Waals surface area (Å²) in [6.45, 7) is 0. The molecule has 0 aliphatic carbocycles. The van der Waals surface area contributed by atoms with Crippen LogP contribution in [0.1, 0.15) is 21.7 Å². The Kier molecular flexibility index (Phi) is 3.82. The minimum Gasteiger partial charge on any atom is -0.506 e. The van der Waals surface area contributed by atoms with E-state index in [0.717, 1.165) is 10.4 Å². The van der Waals surface area contributed by atoms with Crippen LogP contribution in [0.2, 0.25) is 5.02 Å². The van der Waals surface area contributed by atoms with E-state index in [1.807, 2.05) is 17.5 Å². The van der Waals surface area contributed by atoms with Crippen molar-refractivity contribution >= 4 is 28.7 Å². The van der Waals surface area contributed by atoms with Crippen molar-refractivity contribution in [2.24, 2.45) is 0 Å². The van der Waals surface area contributed by atoms with Crippen LogP contribution >= 0.6 is 22.9 Å². The molecule has 2 rings (SSSR count). The summed E-state index contributed by atoms with van der Waals surface area (Å²) in [5.41, 5.74) is 0.956. The minimum absolute atomic E-state index is 0.0694. The number of hydrogen-bond acceptors (Lipinski definition) is 3. The molecule has 0 spiro atoms. The van der Waals surface area contributed by atoms with Gasteiger partial charge in [-0.2, -0.15) is 0 Å². The van der Waals surface area contributed by atoms with Gasteiger partial charge < -0.3 is 5.11 Å². The highest BCUT2D eigenvalue weighted by atomic mass is 35.5. The molecule has 0 aliphatic heterocycles. The van der Waals surface area contributed by atoms with Gasteiger partial charge in [0.2, 0.25) is 0 Å². The van der Waals surface area contributed by atoms with Crippen molar-refractivity contribution < 1.29 is 9.90 Å². The second kappa shape index (κ2) is 5.34. The van der Waals surface area contributed by atoms with Crippen LogP contribution in [-0.2, 0) is 6.42 Å². The molecule has 17 heavy (non-hydrogen) atoms. The number of phenols is 1. The highest BCUT2D eigenvalue weighted by Gasteiger charge is 2.07. The Balaban J connectivity index is 1.98. The summed E-state index contributed by atoms with van der Waals surface area (Å²) < 4.78 is 0. The van der Waals surface area contributed by atoms with Crippen LogP contribution in [0, 0.1) is 0 Å². The largest absolute Gasteiger partial charge is 0.506 e. The van der Waals surface area contributed by atoms with Crippen LogP contribution in [0.4, 0.5) is 0 Å². The summed E-state index contributed by atoms with van der Waals surface area (Å²) in [5, 5.41) is 11.5. The topological polar surface area (TPSA) is 37.3 Å². The molecule has 0 fully saturated rings. The zero-order valence-corrected chi connectivity index (χ0v) is 10.6. The molecule has 0 amide bonds. The number of thiophene rings is 1. The Morgan fingerprint density at radius 2 is 2.18 bits per heavy atom. The first kappa shape index (κ1) is 12.1. The van der Waals surface area contributed by atoms with E-state index in [1.54, 1.807) is 18.2 Å². The Morgan fingerprint density at radius 3 is 2.82 bits per heavy atom. The molecule has 88 valence electrons. The van der Waals surface area contributed by atoms with Gasteiger partial charge in [-0.3, -0.25) is 4.79 Å². The van der Waals surface area contributed by atoms with Crippen LogP contribution in [0.15, 0.2) is 35.7 Å². The molecule has 2 aromatic rings. The molecule has 1 N–H and O–H groups in total. The third kappa shape index (κ3) is 3.08. The Hall–Kier alpha value is -1.32. The van der Waals surface area contributed by atoms with Crippen molar-refractivity contribution in [3.8, 4) is 5.75 Å². The van der Waals surface area contributed by atoms with Gasteiger partial charge in [-0.05, 0) is 35.6 Å². The van der Waals surface area contributed by atoms with Gasteiger partial charge in [0.1, 0.15) is 5.75 Å². The number of rotatable bonds is 4. The summed E-state index contributed by atoms with van der Waals surface area (Å²) in [4.78, 5) is 12.5. The predicted molar refractivity (Wildman–Crippen MR) is 70.1 cm³/mol. The smallest absolute Gasteiger partial charge is 0.173 e. The van der Waals surface area contributed by atoms with Crippen molar-refractivity contribution in [3.05, 3.63) is 51.2 Å². The van der Waals surface area contributed by atoms with Crippen molar-refractivity contribution in [2.45, 2.75) is 12.8 Å². The van der Waals surface area contributed by atoms with E-state index in [4.69, 9.17) is 11.6 Å². The van der Waals surface area contributed by atoms with E-state index in [1.165, 1.54) is 11.3 Å². The molecule has 0 radical (unpaired) electrons. The molecule has 1 aromatic carbocycles. The fourth-order valence-electron chi connectivity index (χ4n) is 1.52. The lowest BCUT2D eigenvalue weighted by Gasteiger charge is -2.02. The molecular weight excluding hydrogens is 256 g/mol. The molecule has 0 atom stereocenters. The van der Waals surface area contributed by atoms with E-state index < -0.39 is 0 Å². The lowest BCUT2D eigenvalue weighted by atomic mass is 10.1. The molecule has 4 heteroatoms. The first-order valence-electron chi connectivity index (χ1n) is 5.21. The Bertz CT molecular complexity index is 520. The summed E-state index contributed by atoms with van der Waals surface area (Å²) in [7, 11) is 0. The van der Waals surface area contributed by atoms with Crippen LogP contribution < -0.4 is 0 Å². The second-order valence-corrected chi connectivity index (χ2v) is 5.04. The number of aryl methyl sites for hydroxylation is 1. The van der Waals surface area contributed by atoms with E-state index in [2.05, 4.69) is 0 Å². The maximum atomic E-state index is 11.8. The average Bonchev–Trinajstić information content (AvgIpc) is 2.84. The molecule has 0 bridgehead atoms. The fraction of sp³-hybridized carbons (Fsp3) is 0.154. The summed E-state index contributed by atoms with van der Waals surface area (Å²) >= 11 is 7.25. The number of benzene rings is 1. The number of ketones is 1. The van der Waals surface area contributed by atoms with Crippen LogP contribution in [0.3, 0.4) is 0 Å². The maximum Gasteiger partial charge on any atom is 0.173 e. The van der Waals surface area contributed by atoms with Crippen molar-refractivity contribution in [3.63, 3.8) is 0 Å². The van der Waals surface area contributed by atoms with E-state index in [9.17, 15) is 9.90 Å². The van der Waals surface area contributed by atoms with Gasteiger partial charge in [-0.25, -0.2) is 0 Å². The monoisotopic (exact) mass is 266 g/mol. The number of aromatic hydroxyl groups is 1. The number of carbonyl (C=O) groups excluding carboxylic acids is 1. The number of Topliss-reactive ketones (excluding diaryl/α,β-unsaturated/α-hetero) is 1. The molecule has 1 heterocycles. The van der Waals surface area contributed by atoms with Crippen molar-refractivity contribution in [2.75, 3.05) is 0 Å². The van der Waals surface area contributed by atoms with E-state index >= 15 is 0 Å². The molecule has 1 aromatic heterocycles. The predicted octanol–water partition coefficient (Wildman–Crippen LogP) is 3.92. The minimum atomic E-state index is 0.0694. The lowest BCUT2D eigenvalue weighted by Crippen LogP contribution is -1.98. The average molecular weight is 267 g/mol. The van der Waals surface area contributed by atoms with Crippen molar-refractivity contribution in [1.29, 1.82) is 0 Å². The van der Waals surface area contributed by atoms with Gasteiger partial charge in [0.15, 0.2) is 5.78 Å². The van der Waals surface area contributed by atoms with Gasteiger partial charge in [-0.15, -0.1) is 11.3 Å². The zero-order valence-electron chi connectivity index (χ0n) is 9.02. The van der Waals surface area contributed by atoms with Gasteiger partial charge in [0.25, 0.3) is 0 Å². The SMILES string of the molecule is O=C(CCc1ccc(O)c(Cl)c1)c1cccs1. The molecule has 0 saturated heterocycles. The molecule has 0 saturated carbocycles. The maximum absolute atomic E-state index is 11.8. The van der Waals surface area contributed by atoms with Gasteiger partial charge in [0, 0.05) is 6.42 Å². The number of carbonyl (C=O) groups is 1. The number of phenolic OH excluding ortho intramolecular Hbond substituents is 1. The second-order valence-electron chi connectivity index (χ2n) is 3.69. The third-order valence-electron chi connectivity index (χ3n) is 2.45. The number of halogens is 1. The first-order valence-corrected chi connectivity index (χ1v) is 6.46. The lowest BCUT2D eigenvalue weighted by molar-refractivity contribution is 0.0987. The fourth-order valence-corrected chi connectivity index (χ4v) is 2.42. The van der Waals surface area contributed by atoms with Gasteiger partial charge >= 0.3 is 0 Å². The standard InChI is InChI=1S/C13H11ClO2S/c14-10-8-9(3-5-11(10)15)4-6-12(16)13-2-1-7-17-13/h1-3,5,7-8,15H,4,6H2. The summed E-state index contributed by atoms with van der Waals surface area (Å²) in [5.74, 6) is 0.212. The van der Waals surface area contributed by atoms with Crippen LogP contribution in [-0.4, -0.2) is 10.9 Å². The van der Waals surface area contributed by atoms with E-state index in [0.29, 0.717) is 17.9 Å². The number of hydrogen-bond donors (Lipinski definition) is 1. The van der Waals surface area contributed by atoms with Crippen LogP contribution in [0.25, 0.3) is 0 Å². The van der Waals surface area contributed by atoms with E-state index in [-0.39, 0.29) is 11.5 Å². The Morgan fingerprint density at radius 1 is 1.35 bits per heavy atom.